The minimum atomic E-state index is -1.71. The molecular formula is C13H21BrO2Si. The second kappa shape index (κ2) is 5.20. The molecule has 0 radical (unpaired) electrons. The summed E-state index contributed by atoms with van der Waals surface area (Å²) in [4.78, 5) is 10.8. The monoisotopic (exact) mass is 316 g/mol. The molecule has 17 heavy (non-hydrogen) atoms. The number of hydrogen-bond donors (Lipinski definition) is 0. The Morgan fingerprint density at radius 1 is 1.47 bits per heavy atom. The van der Waals surface area contributed by atoms with Crippen LogP contribution in [0.1, 0.15) is 20.8 Å². The van der Waals surface area contributed by atoms with Gasteiger partial charge in [0.05, 0.1) is 12.5 Å². The SMILES string of the molecule is CC(C)(C)[Si](C)(C)OCC1=C(Br)[C@H](C=O)C=C1. The van der Waals surface area contributed by atoms with Crippen molar-refractivity contribution in [3.8, 4) is 0 Å². The van der Waals surface area contributed by atoms with E-state index in [0.717, 1.165) is 16.3 Å². The van der Waals surface area contributed by atoms with Crippen LogP contribution in [0.15, 0.2) is 22.2 Å². The fourth-order valence-corrected chi connectivity index (χ4v) is 2.75. The average molecular weight is 317 g/mol. The number of aldehydes is 1. The van der Waals surface area contributed by atoms with Crippen molar-refractivity contribution in [3.63, 3.8) is 0 Å². The predicted molar refractivity (Wildman–Crippen MR) is 77.8 cm³/mol. The van der Waals surface area contributed by atoms with Gasteiger partial charge in [0, 0.05) is 4.48 Å². The van der Waals surface area contributed by atoms with E-state index in [4.69, 9.17) is 4.43 Å². The number of allylic oxidation sites excluding steroid dienone is 2. The Hall–Kier alpha value is -0.193. The first-order chi connectivity index (χ1) is 7.69. The third-order valence-corrected chi connectivity index (χ3v) is 9.16. The zero-order valence-electron chi connectivity index (χ0n) is 11.2. The van der Waals surface area contributed by atoms with E-state index in [-0.39, 0.29) is 11.0 Å². The minimum absolute atomic E-state index is 0.118. The Morgan fingerprint density at radius 3 is 2.47 bits per heavy atom. The highest BCUT2D eigenvalue weighted by atomic mass is 79.9. The Morgan fingerprint density at radius 2 is 2.06 bits per heavy atom. The summed E-state index contributed by atoms with van der Waals surface area (Å²) in [5, 5.41) is 0.215. The molecule has 1 rings (SSSR count). The first-order valence-corrected chi connectivity index (χ1v) is 9.55. The fourth-order valence-electron chi connectivity index (χ4n) is 1.29. The fraction of sp³-hybridized carbons (Fsp3) is 0.615. The molecule has 0 heterocycles. The van der Waals surface area contributed by atoms with Crippen molar-refractivity contribution < 1.29 is 9.22 Å². The van der Waals surface area contributed by atoms with Crippen LogP contribution in [0.2, 0.25) is 18.1 Å². The van der Waals surface area contributed by atoms with E-state index in [9.17, 15) is 4.79 Å². The molecule has 2 nitrogen and oxygen atoms in total. The van der Waals surface area contributed by atoms with E-state index in [1.54, 1.807) is 0 Å². The normalized spacial score (nSPS) is 21.2. The summed E-state index contributed by atoms with van der Waals surface area (Å²) in [5.74, 6) is -0.118. The Kier molecular flexibility index (Phi) is 4.55. The summed E-state index contributed by atoms with van der Waals surface area (Å²) in [5.41, 5.74) is 1.09. The van der Waals surface area contributed by atoms with Gasteiger partial charge in [0.1, 0.15) is 6.29 Å². The van der Waals surface area contributed by atoms with Crippen LogP contribution in [0.5, 0.6) is 0 Å². The van der Waals surface area contributed by atoms with Gasteiger partial charge >= 0.3 is 0 Å². The average Bonchev–Trinajstić information content (AvgIpc) is 2.55. The van der Waals surface area contributed by atoms with Crippen molar-refractivity contribution in [3.05, 3.63) is 22.2 Å². The van der Waals surface area contributed by atoms with Crippen LogP contribution in [0.3, 0.4) is 0 Å². The number of carbonyl (C=O) groups is 1. The van der Waals surface area contributed by atoms with Gasteiger partial charge in [-0.25, -0.2) is 0 Å². The van der Waals surface area contributed by atoms with Crippen LogP contribution in [0.4, 0.5) is 0 Å². The molecule has 0 aromatic rings. The molecule has 4 heteroatoms. The van der Waals surface area contributed by atoms with Crippen LogP contribution in [-0.2, 0) is 9.22 Å². The van der Waals surface area contributed by atoms with Gasteiger partial charge in [-0.05, 0) is 23.7 Å². The van der Waals surface area contributed by atoms with Gasteiger partial charge in [0.2, 0.25) is 0 Å². The zero-order chi connectivity index (χ0) is 13.3. The molecule has 0 N–H and O–H groups in total. The molecule has 0 aliphatic heterocycles. The summed E-state index contributed by atoms with van der Waals surface area (Å²) in [6, 6.07) is 0. The van der Waals surface area contributed by atoms with E-state index < -0.39 is 8.32 Å². The molecule has 0 bridgehead atoms. The largest absolute Gasteiger partial charge is 0.413 e. The van der Waals surface area contributed by atoms with Gasteiger partial charge < -0.3 is 9.22 Å². The van der Waals surface area contributed by atoms with E-state index in [0.29, 0.717) is 6.61 Å². The second-order valence-electron chi connectivity index (χ2n) is 5.94. The lowest BCUT2D eigenvalue weighted by atomic mass is 10.2. The lowest BCUT2D eigenvalue weighted by molar-refractivity contribution is -0.108. The van der Waals surface area contributed by atoms with Crippen LogP contribution < -0.4 is 0 Å². The highest BCUT2D eigenvalue weighted by molar-refractivity contribution is 9.11. The van der Waals surface area contributed by atoms with Crippen molar-refractivity contribution in [2.24, 2.45) is 5.92 Å². The van der Waals surface area contributed by atoms with Crippen molar-refractivity contribution in [2.45, 2.75) is 38.9 Å². The summed E-state index contributed by atoms with van der Waals surface area (Å²) in [6.45, 7) is 11.7. The second-order valence-corrected chi connectivity index (χ2v) is 11.6. The summed E-state index contributed by atoms with van der Waals surface area (Å²) in [7, 11) is -1.71. The predicted octanol–water partition coefficient (Wildman–Crippen LogP) is 4.04. The quantitative estimate of drug-likeness (QED) is 0.578. The first-order valence-electron chi connectivity index (χ1n) is 5.85. The molecular weight excluding hydrogens is 296 g/mol. The van der Waals surface area contributed by atoms with Crippen LogP contribution >= 0.6 is 15.9 Å². The highest BCUT2D eigenvalue weighted by Crippen LogP contribution is 2.38. The zero-order valence-corrected chi connectivity index (χ0v) is 13.8. The third kappa shape index (κ3) is 3.39. The number of rotatable bonds is 4. The van der Waals surface area contributed by atoms with Crippen molar-refractivity contribution >= 4 is 30.5 Å². The van der Waals surface area contributed by atoms with Gasteiger partial charge in [-0.1, -0.05) is 48.9 Å². The minimum Gasteiger partial charge on any atom is -0.413 e. The molecule has 0 fully saturated rings. The van der Waals surface area contributed by atoms with E-state index >= 15 is 0 Å². The molecule has 0 saturated heterocycles. The Balaban J connectivity index is 2.68. The smallest absolute Gasteiger partial charge is 0.192 e. The van der Waals surface area contributed by atoms with E-state index in [2.05, 4.69) is 49.8 Å². The Bertz CT molecular complexity index is 364. The van der Waals surface area contributed by atoms with Gasteiger partial charge in [-0.2, -0.15) is 0 Å². The summed E-state index contributed by atoms with van der Waals surface area (Å²) in [6.07, 6.45) is 4.83. The van der Waals surface area contributed by atoms with Crippen LogP contribution in [0.25, 0.3) is 0 Å². The summed E-state index contributed by atoms with van der Waals surface area (Å²) >= 11 is 3.47. The van der Waals surface area contributed by atoms with Gasteiger partial charge in [-0.3, -0.25) is 0 Å². The molecule has 1 aliphatic rings. The molecule has 0 aromatic heterocycles. The van der Waals surface area contributed by atoms with E-state index in [1.807, 2.05) is 12.2 Å². The molecule has 0 unspecified atom stereocenters. The lowest BCUT2D eigenvalue weighted by Crippen LogP contribution is -2.41. The van der Waals surface area contributed by atoms with Gasteiger partial charge in [0.25, 0.3) is 0 Å². The molecule has 0 saturated carbocycles. The Labute approximate surface area is 113 Å². The van der Waals surface area contributed by atoms with Gasteiger partial charge in [0.15, 0.2) is 8.32 Å². The molecule has 96 valence electrons. The number of halogens is 1. The highest BCUT2D eigenvalue weighted by Gasteiger charge is 2.37. The molecule has 0 spiro atoms. The van der Waals surface area contributed by atoms with Gasteiger partial charge in [-0.15, -0.1) is 0 Å². The van der Waals surface area contributed by atoms with Crippen molar-refractivity contribution in [1.82, 2.24) is 0 Å². The maximum absolute atomic E-state index is 10.8. The van der Waals surface area contributed by atoms with E-state index in [1.165, 1.54) is 0 Å². The van der Waals surface area contributed by atoms with Crippen LogP contribution in [-0.4, -0.2) is 21.2 Å². The molecule has 1 aliphatic carbocycles. The maximum Gasteiger partial charge on any atom is 0.192 e. The lowest BCUT2D eigenvalue weighted by Gasteiger charge is -2.36. The van der Waals surface area contributed by atoms with Crippen LogP contribution in [0, 0.1) is 5.92 Å². The topological polar surface area (TPSA) is 26.3 Å². The third-order valence-electron chi connectivity index (χ3n) is 3.65. The maximum atomic E-state index is 10.8. The van der Waals surface area contributed by atoms with Crippen molar-refractivity contribution in [2.75, 3.05) is 6.61 Å². The standard InChI is InChI=1S/C13H21BrO2Si/c1-13(2,3)17(4,5)16-9-11-7-6-10(8-15)12(11)14/h6-8,10H,9H2,1-5H3/t10-/m0/s1. The molecule has 0 aromatic carbocycles. The number of carbonyl (C=O) groups excluding carboxylic acids is 1. The first kappa shape index (κ1) is 14.9. The molecule has 0 amide bonds. The molecule has 1 atom stereocenters. The van der Waals surface area contributed by atoms with Crippen molar-refractivity contribution in [1.29, 1.82) is 0 Å². The summed E-state index contributed by atoms with van der Waals surface area (Å²) < 4.78 is 7.08. The number of hydrogen-bond acceptors (Lipinski definition) is 2.